The minimum absolute atomic E-state index is 0.0848. The zero-order valence-electron chi connectivity index (χ0n) is 16.0. The van der Waals surface area contributed by atoms with Gasteiger partial charge in [0.2, 0.25) is 0 Å². The molecule has 0 unspecified atom stereocenters. The molecule has 1 amide bonds. The zero-order chi connectivity index (χ0) is 20.5. The summed E-state index contributed by atoms with van der Waals surface area (Å²) in [6.07, 6.45) is 0. The van der Waals surface area contributed by atoms with E-state index in [0.717, 1.165) is 5.56 Å². The lowest BCUT2D eigenvalue weighted by Crippen LogP contribution is -2.48. The highest BCUT2D eigenvalue weighted by Gasteiger charge is 2.27. The van der Waals surface area contributed by atoms with E-state index in [1.165, 1.54) is 0 Å². The molecular weight excluding hydrogens is 378 g/mol. The Kier molecular flexibility index (Phi) is 5.16. The molecule has 3 rings (SSSR count). The van der Waals surface area contributed by atoms with Gasteiger partial charge >= 0.3 is 0 Å². The summed E-state index contributed by atoms with van der Waals surface area (Å²) in [7, 11) is -3.61. The Morgan fingerprint density at radius 2 is 1.96 bits per heavy atom. The molecule has 0 saturated heterocycles. The van der Waals surface area contributed by atoms with Crippen LogP contribution in [0, 0.1) is 6.92 Å². The Labute approximate surface area is 164 Å². The fourth-order valence-corrected chi connectivity index (χ4v) is 4.08. The lowest BCUT2D eigenvalue weighted by molar-refractivity contribution is 0.0880. The van der Waals surface area contributed by atoms with Crippen LogP contribution in [0.5, 0.6) is 5.75 Å². The molecular formula is C20H23N3O4S. The number of carbonyl (C=O) groups is 1. The number of amides is 1. The number of hydrogen-bond acceptors (Lipinski definition) is 5. The first-order valence-electron chi connectivity index (χ1n) is 8.79. The molecule has 0 aromatic heterocycles. The van der Waals surface area contributed by atoms with E-state index in [4.69, 9.17) is 10.5 Å². The third kappa shape index (κ3) is 4.51. The standard InChI is InChI=1S/C20H23N3O4S/c1-13-6-4-7-14(10-13)19(24)22-20(2,3)12-27-16-9-5-8-15-11-28(25,26)23-18(21)17(15)16/h4-10H,11-12H2,1-3H3,(H2,21,23)(H,22,24). The Morgan fingerprint density at radius 1 is 1.25 bits per heavy atom. The molecule has 8 heteroatoms. The van der Waals surface area contributed by atoms with Crippen LogP contribution in [0.25, 0.3) is 0 Å². The Morgan fingerprint density at radius 3 is 2.68 bits per heavy atom. The van der Waals surface area contributed by atoms with Gasteiger partial charge in [0.25, 0.3) is 15.9 Å². The first-order chi connectivity index (χ1) is 13.1. The molecule has 28 heavy (non-hydrogen) atoms. The van der Waals surface area contributed by atoms with Crippen molar-refractivity contribution < 1.29 is 17.9 Å². The van der Waals surface area contributed by atoms with Crippen LogP contribution in [0.4, 0.5) is 0 Å². The third-order valence-electron chi connectivity index (χ3n) is 4.26. The topological polar surface area (TPSA) is 111 Å². The molecule has 1 aliphatic rings. The molecule has 0 aliphatic carbocycles. The maximum atomic E-state index is 12.5. The Hall–Kier alpha value is -2.87. The number of hydrogen-bond donors (Lipinski definition) is 2. The average Bonchev–Trinajstić information content (AvgIpc) is 2.58. The van der Waals surface area contributed by atoms with E-state index in [2.05, 4.69) is 9.71 Å². The van der Waals surface area contributed by atoms with Crippen molar-refractivity contribution in [3.8, 4) is 5.75 Å². The first-order valence-corrected chi connectivity index (χ1v) is 10.4. The van der Waals surface area contributed by atoms with Gasteiger partial charge in [0.1, 0.15) is 18.2 Å². The van der Waals surface area contributed by atoms with E-state index in [1.807, 2.05) is 39.0 Å². The van der Waals surface area contributed by atoms with Crippen molar-refractivity contribution in [3.05, 3.63) is 64.7 Å². The summed E-state index contributed by atoms with van der Waals surface area (Å²) in [5.74, 6) is -0.0576. The highest BCUT2D eigenvalue weighted by Crippen LogP contribution is 2.28. The van der Waals surface area contributed by atoms with Crippen molar-refractivity contribution in [2.45, 2.75) is 32.1 Å². The van der Waals surface area contributed by atoms with Crippen molar-refractivity contribution in [2.24, 2.45) is 10.1 Å². The minimum atomic E-state index is -3.61. The van der Waals surface area contributed by atoms with Gasteiger partial charge in [-0.3, -0.25) is 4.79 Å². The van der Waals surface area contributed by atoms with Crippen molar-refractivity contribution in [2.75, 3.05) is 6.61 Å². The SMILES string of the molecule is Cc1cccc(C(=O)NC(C)(C)COc2cccc3c2C(N)=NS(=O)(=O)C3)c1. The van der Waals surface area contributed by atoms with Crippen molar-refractivity contribution >= 4 is 21.8 Å². The van der Waals surface area contributed by atoms with Gasteiger partial charge in [0.05, 0.1) is 16.9 Å². The molecule has 0 spiro atoms. The van der Waals surface area contributed by atoms with Gasteiger partial charge in [-0.15, -0.1) is 4.40 Å². The highest BCUT2D eigenvalue weighted by atomic mass is 32.2. The predicted molar refractivity (Wildman–Crippen MR) is 108 cm³/mol. The molecule has 0 radical (unpaired) electrons. The second-order valence-electron chi connectivity index (χ2n) is 7.49. The number of rotatable bonds is 5. The molecule has 1 heterocycles. The number of fused-ring (bicyclic) bond motifs is 1. The number of benzene rings is 2. The van der Waals surface area contributed by atoms with Crippen molar-refractivity contribution in [1.82, 2.24) is 5.32 Å². The Balaban J connectivity index is 1.74. The average molecular weight is 401 g/mol. The molecule has 2 aromatic carbocycles. The van der Waals surface area contributed by atoms with Gasteiger partial charge in [-0.05, 0) is 44.5 Å². The van der Waals surface area contributed by atoms with Gasteiger partial charge in [0, 0.05) is 5.56 Å². The predicted octanol–water partition coefficient (Wildman–Crippen LogP) is 2.13. The lowest BCUT2D eigenvalue weighted by Gasteiger charge is -2.27. The van der Waals surface area contributed by atoms with E-state index in [1.54, 1.807) is 24.3 Å². The summed E-state index contributed by atoms with van der Waals surface area (Å²) < 4.78 is 33.0. The van der Waals surface area contributed by atoms with Gasteiger partial charge in [-0.25, -0.2) is 8.42 Å². The third-order valence-corrected chi connectivity index (χ3v) is 5.42. The molecule has 0 fully saturated rings. The zero-order valence-corrected chi connectivity index (χ0v) is 16.8. The van der Waals surface area contributed by atoms with Crippen molar-refractivity contribution in [3.63, 3.8) is 0 Å². The summed E-state index contributed by atoms with van der Waals surface area (Å²) in [4.78, 5) is 12.5. The van der Waals surface area contributed by atoms with Gasteiger partial charge in [0.15, 0.2) is 0 Å². The maximum Gasteiger partial charge on any atom is 0.259 e. The van der Waals surface area contributed by atoms with Crippen LogP contribution < -0.4 is 15.8 Å². The summed E-state index contributed by atoms with van der Waals surface area (Å²) in [6.45, 7) is 5.78. The van der Waals surface area contributed by atoms with Crippen LogP contribution >= 0.6 is 0 Å². The summed E-state index contributed by atoms with van der Waals surface area (Å²) in [6, 6.07) is 12.4. The number of sulfonamides is 1. The largest absolute Gasteiger partial charge is 0.490 e. The Bertz CT molecular complexity index is 1060. The number of aryl methyl sites for hydroxylation is 1. The van der Waals surface area contributed by atoms with Gasteiger partial charge in [-0.1, -0.05) is 29.8 Å². The number of nitrogens with two attached hydrogens (primary N) is 1. The maximum absolute atomic E-state index is 12.5. The van der Waals surface area contributed by atoms with E-state index in [9.17, 15) is 13.2 Å². The molecule has 0 bridgehead atoms. The molecule has 3 N–H and O–H groups in total. The van der Waals surface area contributed by atoms with Crippen LogP contribution in [0.1, 0.15) is 40.9 Å². The smallest absolute Gasteiger partial charge is 0.259 e. The second kappa shape index (κ2) is 7.27. The van der Waals surface area contributed by atoms with E-state index in [0.29, 0.717) is 22.4 Å². The molecule has 2 aromatic rings. The van der Waals surface area contributed by atoms with Crippen molar-refractivity contribution in [1.29, 1.82) is 0 Å². The number of nitrogens with one attached hydrogen (secondary N) is 1. The monoisotopic (exact) mass is 401 g/mol. The number of amidine groups is 1. The number of nitrogens with zero attached hydrogens (tertiary/aromatic N) is 1. The normalized spacial score (nSPS) is 15.3. The molecule has 1 aliphatic heterocycles. The lowest BCUT2D eigenvalue weighted by atomic mass is 10.0. The fourth-order valence-electron chi connectivity index (χ4n) is 2.99. The van der Waals surface area contributed by atoms with Crippen LogP contribution in [0.2, 0.25) is 0 Å². The minimum Gasteiger partial charge on any atom is -0.490 e. The number of carbonyl (C=O) groups excluding carboxylic acids is 1. The van der Waals surface area contributed by atoms with Crippen LogP contribution in [0.15, 0.2) is 46.9 Å². The highest BCUT2D eigenvalue weighted by molar-refractivity contribution is 7.89. The van der Waals surface area contributed by atoms with Crippen LogP contribution in [-0.4, -0.2) is 32.3 Å². The molecule has 148 valence electrons. The van der Waals surface area contributed by atoms with E-state index in [-0.39, 0.29) is 24.1 Å². The summed E-state index contributed by atoms with van der Waals surface area (Å²) in [5, 5.41) is 2.95. The van der Waals surface area contributed by atoms with E-state index < -0.39 is 15.6 Å². The molecule has 0 saturated carbocycles. The molecule has 0 atom stereocenters. The van der Waals surface area contributed by atoms with Gasteiger partial charge < -0.3 is 15.8 Å². The quantitative estimate of drug-likeness (QED) is 0.797. The number of ether oxygens (including phenoxy) is 1. The molecule has 7 nitrogen and oxygen atoms in total. The fraction of sp³-hybridized carbons (Fsp3) is 0.300. The van der Waals surface area contributed by atoms with Gasteiger partial charge in [-0.2, -0.15) is 0 Å². The summed E-state index contributed by atoms with van der Waals surface area (Å²) >= 11 is 0. The summed E-state index contributed by atoms with van der Waals surface area (Å²) in [5.41, 5.74) is 7.79. The second-order valence-corrected chi connectivity index (χ2v) is 9.12. The first kappa shape index (κ1) is 19.9. The van der Waals surface area contributed by atoms with E-state index >= 15 is 0 Å². The van der Waals surface area contributed by atoms with Crippen LogP contribution in [0.3, 0.4) is 0 Å². The van der Waals surface area contributed by atoms with Crippen LogP contribution in [-0.2, 0) is 15.8 Å².